The van der Waals surface area contributed by atoms with Crippen molar-refractivity contribution in [2.45, 2.75) is 51.1 Å². The molecule has 1 aromatic rings. The average Bonchev–Trinajstić information content (AvgIpc) is 3.41. The number of likely N-dealkylation sites (tertiary alicyclic amines) is 2. The molecule has 0 spiro atoms. The second-order valence-electron chi connectivity index (χ2n) is 8.06. The van der Waals surface area contributed by atoms with Gasteiger partial charge in [-0.05, 0) is 50.7 Å². The maximum atomic E-state index is 12.9. The molecule has 2 atom stereocenters. The first-order valence-corrected chi connectivity index (χ1v) is 12.1. The quantitative estimate of drug-likeness (QED) is 0.739. The van der Waals surface area contributed by atoms with E-state index in [1.807, 2.05) is 28.0 Å². The maximum absolute atomic E-state index is 12.9. The molecule has 2 unspecified atom stereocenters. The van der Waals surface area contributed by atoms with Crippen LogP contribution in [-0.2, 0) is 16.4 Å². The third-order valence-electron chi connectivity index (χ3n) is 5.84. The molecule has 0 bridgehead atoms. The molecular formula is C21H28N4O3S. The number of nitrogens with one attached hydrogen (secondary N) is 1. The number of hydrogen-bond acceptors (Lipinski definition) is 4. The number of hydrogen-bond donors (Lipinski definition) is 1. The van der Waals surface area contributed by atoms with Gasteiger partial charge in [0.1, 0.15) is 5.69 Å². The summed E-state index contributed by atoms with van der Waals surface area (Å²) in [7, 11) is -3.35. The summed E-state index contributed by atoms with van der Waals surface area (Å²) in [5.74, 6) is 6.90. The van der Waals surface area contributed by atoms with Crippen molar-refractivity contribution in [2.75, 3.05) is 25.4 Å². The fraction of sp³-hybridized carbons (Fsp3) is 0.619. The molecule has 1 aromatic heterocycles. The van der Waals surface area contributed by atoms with E-state index in [9.17, 15) is 13.2 Å². The normalized spacial score (nSPS) is 24.0. The first-order valence-electron chi connectivity index (χ1n) is 10.5. The topological polar surface area (TPSA) is 82.6 Å². The number of aromatic nitrogens is 1. The molecule has 156 valence electrons. The molecule has 2 aliphatic heterocycles. The van der Waals surface area contributed by atoms with Crippen LogP contribution in [0.5, 0.6) is 0 Å². The predicted molar refractivity (Wildman–Crippen MR) is 111 cm³/mol. The molecule has 2 amide bonds. The van der Waals surface area contributed by atoms with Gasteiger partial charge in [0.05, 0.1) is 11.8 Å². The van der Waals surface area contributed by atoms with Crippen LogP contribution in [0, 0.1) is 17.8 Å². The first-order chi connectivity index (χ1) is 13.9. The van der Waals surface area contributed by atoms with E-state index < -0.39 is 10.0 Å². The largest absolute Gasteiger partial charge is 0.325 e. The average molecular weight is 417 g/mol. The zero-order chi connectivity index (χ0) is 20.4. The van der Waals surface area contributed by atoms with E-state index >= 15 is 0 Å². The smallest absolute Gasteiger partial charge is 0.320 e. The van der Waals surface area contributed by atoms with Crippen LogP contribution in [0.3, 0.4) is 0 Å². The van der Waals surface area contributed by atoms with Crippen LogP contribution in [0.15, 0.2) is 18.2 Å². The molecule has 0 aromatic carbocycles. The Morgan fingerprint density at radius 2 is 2.03 bits per heavy atom. The van der Waals surface area contributed by atoms with Gasteiger partial charge in [0.2, 0.25) is 10.0 Å². The molecule has 2 saturated heterocycles. The highest BCUT2D eigenvalue weighted by atomic mass is 32.2. The van der Waals surface area contributed by atoms with Crippen molar-refractivity contribution in [1.29, 1.82) is 0 Å². The molecule has 8 heteroatoms. The van der Waals surface area contributed by atoms with Gasteiger partial charge >= 0.3 is 6.03 Å². The second-order valence-corrected chi connectivity index (χ2v) is 10.1. The molecule has 7 nitrogen and oxygen atoms in total. The van der Waals surface area contributed by atoms with Crippen LogP contribution >= 0.6 is 0 Å². The van der Waals surface area contributed by atoms with E-state index in [2.05, 4.69) is 21.5 Å². The summed E-state index contributed by atoms with van der Waals surface area (Å²) >= 11 is 0. The van der Waals surface area contributed by atoms with Crippen LogP contribution in [0.1, 0.15) is 44.0 Å². The van der Waals surface area contributed by atoms with Crippen molar-refractivity contribution in [3.8, 4) is 11.8 Å². The van der Waals surface area contributed by atoms with Gasteiger partial charge in [0.25, 0.3) is 0 Å². The molecule has 29 heavy (non-hydrogen) atoms. The highest BCUT2D eigenvalue weighted by Gasteiger charge is 2.41. The Kier molecular flexibility index (Phi) is 5.79. The van der Waals surface area contributed by atoms with Crippen LogP contribution in [-0.4, -0.2) is 66.7 Å². The summed E-state index contributed by atoms with van der Waals surface area (Å²) in [5, 5.41) is 0. The van der Waals surface area contributed by atoms with E-state index in [1.54, 1.807) is 6.92 Å². The van der Waals surface area contributed by atoms with Crippen molar-refractivity contribution in [1.82, 2.24) is 19.5 Å². The molecule has 0 radical (unpaired) electrons. The van der Waals surface area contributed by atoms with Gasteiger partial charge in [-0.3, -0.25) is 0 Å². The van der Waals surface area contributed by atoms with Gasteiger partial charge in [0.15, 0.2) is 0 Å². The van der Waals surface area contributed by atoms with Crippen molar-refractivity contribution in [2.24, 2.45) is 5.92 Å². The van der Waals surface area contributed by atoms with Gasteiger partial charge in [-0.2, -0.15) is 0 Å². The Labute approximate surface area is 172 Å². The van der Waals surface area contributed by atoms with E-state index in [1.165, 1.54) is 12.8 Å². The minimum atomic E-state index is -3.35. The van der Waals surface area contributed by atoms with Crippen LogP contribution in [0.25, 0.3) is 0 Å². The third-order valence-corrected chi connectivity index (χ3v) is 7.26. The lowest BCUT2D eigenvalue weighted by Gasteiger charge is -2.37. The van der Waals surface area contributed by atoms with Crippen molar-refractivity contribution >= 4 is 16.1 Å². The SMILES string of the molecule is CCS(=O)(=O)NC1CCN(C(=O)N2CCC2)C1Cc1cccc(C#CC2CC2)n1. The van der Waals surface area contributed by atoms with Gasteiger partial charge < -0.3 is 9.80 Å². The van der Waals surface area contributed by atoms with Crippen molar-refractivity contribution in [3.63, 3.8) is 0 Å². The molecule has 4 rings (SSSR count). The molecule has 1 N–H and O–H groups in total. The van der Waals surface area contributed by atoms with Crippen LogP contribution < -0.4 is 4.72 Å². The lowest BCUT2D eigenvalue weighted by Crippen LogP contribution is -2.54. The monoisotopic (exact) mass is 416 g/mol. The molecule has 3 aliphatic rings. The number of carbonyl (C=O) groups is 1. The summed E-state index contributed by atoms with van der Waals surface area (Å²) < 4.78 is 27.2. The fourth-order valence-electron chi connectivity index (χ4n) is 3.76. The standard InChI is InChI=1S/C21H28N4O3S/c1-2-29(27,28)23-19-11-14-25(21(26)24-12-4-13-24)20(19)15-18-6-3-5-17(22-18)10-9-16-7-8-16/h3,5-6,16,19-20,23H,2,4,7-8,11-15H2,1H3. The summed E-state index contributed by atoms with van der Waals surface area (Å²) in [4.78, 5) is 21.2. The minimum Gasteiger partial charge on any atom is -0.325 e. The highest BCUT2D eigenvalue weighted by Crippen LogP contribution is 2.28. The van der Waals surface area contributed by atoms with E-state index in [-0.39, 0.29) is 23.9 Å². The summed E-state index contributed by atoms with van der Waals surface area (Å²) in [6.45, 7) is 3.73. The van der Waals surface area contributed by atoms with Gasteiger partial charge in [0, 0.05) is 43.7 Å². The summed E-state index contributed by atoms with van der Waals surface area (Å²) in [6.07, 6.45) is 4.49. The molecule has 1 saturated carbocycles. The molecular weight excluding hydrogens is 388 g/mol. The first kappa shape index (κ1) is 20.2. The van der Waals surface area contributed by atoms with Gasteiger partial charge in [-0.25, -0.2) is 22.9 Å². The molecule has 1 aliphatic carbocycles. The highest BCUT2D eigenvalue weighted by molar-refractivity contribution is 7.89. The zero-order valence-corrected chi connectivity index (χ0v) is 17.6. The Morgan fingerprint density at radius 3 is 2.69 bits per heavy atom. The molecule has 3 heterocycles. The van der Waals surface area contributed by atoms with Crippen LogP contribution in [0.4, 0.5) is 4.79 Å². The van der Waals surface area contributed by atoms with Crippen LogP contribution in [0.2, 0.25) is 0 Å². The van der Waals surface area contributed by atoms with Gasteiger partial charge in [-0.1, -0.05) is 12.0 Å². The lowest BCUT2D eigenvalue weighted by molar-refractivity contribution is 0.120. The summed E-state index contributed by atoms with van der Waals surface area (Å²) in [5.41, 5.74) is 1.57. The second kappa shape index (κ2) is 8.33. The lowest BCUT2D eigenvalue weighted by atomic mass is 10.0. The Morgan fingerprint density at radius 1 is 1.24 bits per heavy atom. The molecule has 3 fully saturated rings. The Bertz CT molecular complexity index is 929. The number of rotatable bonds is 5. The predicted octanol–water partition coefficient (Wildman–Crippen LogP) is 1.59. The zero-order valence-electron chi connectivity index (χ0n) is 16.8. The Hall–Kier alpha value is -2.11. The van der Waals surface area contributed by atoms with Gasteiger partial charge in [-0.15, -0.1) is 0 Å². The van der Waals surface area contributed by atoms with Crippen molar-refractivity contribution < 1.29 is 13.2 Å². The Balaban J connectivity index is 1.54. The number of pyridine rings is 1. The number of nitrogens with zero attached hydrogens (tertiary/aromatic N) is 3. The third kappa shape index (κ3) is 4.90. The number of carbonyl (C=O) groups excluding carboxylic acids is 1. The fourth-order valence-corrected chi connectivity index (χ4v) is 4.67. The summed E-state index contributed by atoms with van der Waals surface area (Å²) in [6, 6.07) is 5.22. The number of sulfonamides is 1. The van der Waals surface area contributed by atoms with E-state index in [0.717, 1.165) is 30.9 Å². The minimum absolute atomic E-state index is 0.00382. The van der Waals surface area contributed by atoms with E-state index in [0.29, 0.717) is 25.3 Å². The number of amides is 2. The number of urea groups is 1. The van der Waals surface area contributed by atoms with Crippen molar-refractivity contribution in [3.05, 3.63) is 29.6 Å². The maximum Gasteiger partial charge on any atom is 0.320 e. The van der Waals surface area contributed by atoms with E-state index in [4.69, 9.17) is 0 Å².